The first-order chi connectivity index (χ1) is 11.4. The second kappa shape index (κ2) is 6.35. The number of carbonyl (C=O) groups is 1. The van der Waals surface area contributed by atoms with Gasteiger partial charge in [-0.25, -0.2) is 0 Å². The van der Waals surface area contributed by atoms with Crippen molar-refractivity contribution >= 4 is 16.8 Å². The van der Waals surface area contributed by atoms with Gasteiger partial charge in [0.1, 0.15) is 5.76 Å². The van der Waals surface area contributed by atoms with Crippen molar-refractivity contribution in [2.75, 3.05) is 0 Å². The number of benzene rings is 1. The molecule has 3 aromatic rings. The van der Waals surface area contributed by atoms with Crippen LogP contribution in [-0.4, -0.2) is 15.8 Å². The van der Waals surface area contributed by atoms with Crippen molar-refractivity contribution in [1.82, 2.24) is 9.88 Å². The fourth-order valence-corrected chi connectivity index (χ4v) is 2.91. The van der Waals surface area contributed by atoms with Gasteiger partial charge in [0.15, 0.2) is 0 Å². The number of nitrogens with one attached hydrogen (secondary N) is 1. The molecule has 0 aliphatic carbocycles. The number of rotatable bonds is 4. The molecule has 0 saturated heterocycles. The molecule has 0 atom stereocenters. The molecule has 0 aliphatic heterocycles. The maximum Gasteiger partial charge on any atom is 0.253 e. The standard InChI is InChI=1S/C19H20N2O3/c1-12-7-13(2)17-9-15(19(23)20-18(17)8-12)10-21(14(3)22)11-16-5-4-6-24-16/h4-9H,10-11H2,1-3H3,(H,20,23). The van der Waals surface area contributed by atoms with Gasteiger partial charge in [0.2, 0.25) is 5.91 Å². The second-order valence-corrected chi connectivity index (χ2v) is 6.12. The molecule has 0 unspecified atom stereocenters. The number of hydrogen-bond acceptors (Lipinski definition) is 3. The van der Waals surface area contributed by atoms with Crippen LogP contribution >= 0.6 is 0 Å². The topological polar surface area (TPSA) is 66.3 Å². The normalized spacial score (nSPS) is 11.0. The van der Waals surface area contributed by atoms with E-state index in [1.54, 1.807) is 17.2 Å². The van der Waals surface area contributed by atoms with E-state index >= 15 is 0 Å². The Balaban J connectivity index is 1.97. The number of nitrogens with zero attached hydrogens (tertiary/aromatic N) is 1. The molecule has 5 nitrogen and oxygen atoms in total. The fourth-order valence-electron chi connectivity index (χ4n) is 2.91. The largest absolute Gasteiger partial charge is 0.467 e. The molecule has 0 spiro atoms. The number of fused-ring (bicyclic) bond motifs is 1. The monoisotopic (exact) mass is 324 g/mol. The van der Waals surface area contributed by atoms with Crippen LogP contribution in [0.5, 0.6) is 0 Å². The van der Waals surface area contributed by atoms with Crippen LogP contribution in [0.4, 0.5) is 0 Å². The molecular weight excluding hydrogens is 304 g/mol. The zero-order chi connectivity index (χ0) is 17.3. The van der Waals surface area contributed by atoms with Crippen LogP contribution < -0.4 is 5.56 Å². The summed E-state index contributed by atoms with van der Waals surface area (Å²) in [7, 11) is 0. The van der Waals surface area contributed by atoms with Crippen molar-refractivity contribution < 1.29 is 9.21 Å². The molecule has 0 bridgehead atoms. The molecule has 124 valence electrons. The summed E-state index contributed by atoms with van der Waals surface area (Å²) >= 11 is 0. The van der Waals surface area contributed by atoms with Crippen LogP contribution in [-0.2, 0) is 17.9 Å². The Morgan fingerprint density at radius 1 is 1.21 bits per heavy atom. The van der Waals surface area contributed by atoms with E-state index in [2.05, 4.69) is 11.1 Å². The highest BCUT2D eigenvalue weighted by molar-refractivity contribution is 5.83. The van der Waals surface area contributed by atoms with E-state index in [9.17, 15) is 9.59 Å². The Labute approximate surface area is 139 Å². The molecule has 1 aromatic carbocycles. The molecule has 0 fully saturated rings. The smallest absolute Gasteiger partial charge is 0.253 e. The van der Waals surface area contributed by atoms with E-state index < -0.39 is 0 Å². The average Bonchev–Trinajstić information content (AvgIpc) is 3.00. The van der Waals surface area contributed by atoms with Crippen molar-refractivity contribution in [2.24, 2.45) is 0 Å². The molecule has 2 aromatic heterocycles. The Morgan fingerprint density at radius 2 is 2.00 bits per heavy atom. The van der Waals surface area contributed by atoms with Gasteiger partial charge in [-0.2, -0.15) is 0 Å². The van der Waals surface area contributed by atoms with Crippen LogP contribution in [0.15, 0.2) is 45.8 Å². The summed E-state index contributed by atoms with van der Waals surface area (Å²) in [5, 5.41) is 0.997. The summed E-state index contributed by atoms with van der Waals surface area (Å²) in [5.74, 6) is 0.584. The lowest BCUT2D eigenvalue weighted by molar-refractivity contribution is -0.130. The van der Waals surface area contributed by atoms with Crippen molar-refractivity contribution in [1.29, 1.82) is 0 Å². The Hall–Kier alpha value is -2.82. The van der Waals surface area contributed by atoms with Gasteiger partial charge in [-0.15, -0.1) is 0 Å². The predicted octanol–water partition coefficient (Wildman–Crippen LogP) is 3.29. The van der Waals surface area contributed by atoms with E-state index in [1.807, 2.05) is 32.0 Å². The Morgan fingerprint density at radius 3 is 2.67 bits per heavy atom. The van der Waals surface area contributed by atoms with Crippen LogP contribution in [0.3, 0.4) is 0 Å². The number of H-pyrrole nitrogens is 1. The molecule has 1 N–H and O–H groups in total. The molecular formula is C19H20N2O3. The first-order valence-corrected chi connectivity index (χ1v) is 7.85. The minimum Gasteiger partial charge on any atom is -0.467 e. The molecule has 3 rings (SSSR count). The van der Waals surface area contributed by atoms with Gasteiger partial charge in [-0.3, -0.25) is 9.59 Å². The zero-order valence-electron chi connectivity index (χ0n) is 14.1. The number of amides is 1. The van der Waals surface area contributed by atoms with Gasteiger partial charge in [-0.05, 0) is 49.2 Å². The lowest BCUT2D eigenvalue weighted by Crippen LogP contribution is -2.30. The SMILES string of the molecule is CC(=O)N(Cc1ccco1)Cc1cc2c(C)cc(C)cc2[nH]c1=O. The number of pyridine rings is 1. The third-order valence-electron chi connectivity index (χ3n) is 4.12. The minimum atomic E-state index is -0.168. The van der Waals surface area contributed by atoms with Gasteiger partial charge < -0.3 is 14.3 Å². The minimum absolute atomic E-state index is 0.105. The van der Waals surface area contributed by atoms with E-state index in [1.165, 1.54) is 6.92 Å². The Kier molecular flexibility index (Phi) is 4.25. The van der Waals surface area contributed by atoms with E-state index in [0.717, 1.165) is 22.0 Å². The molecule has 0 radical (unpaired) electrons. The van der Waals surface area contributed by atoms with Crippen LogP contribution in [0.1, 0.15) is 29.4 Å². The van der Waals surface area contributed by atoms with Crippen molar-refractivity contribution in [2.45, 2.75) is 33.9 Å². The Bertz CT molecular complexity index is 939. The lowest BCUT2D eigenvalue weighted by atomic mass is 10.0. The zero-order valence-corrected chi connectivity index (χ0v) is 14.1. The molecule has 2 heterocycles. The average molecular weight is 324 g/mol. The van der Waals surface area contributed by atoms with Gasteiger partial charge in [0.05, 0.1) is 19.4 Å². The third-order valence-corrected chi connectivity index (χ3v) is 4.12. The van der Waals surface area contributed by atoms with Gasteiger partial charge >= 0.3 is 0 Å². The lowest BCUT2D eigenvalue weighted by Gasteiger charge is -2.20. The number of carbonyl (C=O) groups excluding carboxylic acids is 1. The van der Waals surface area contributed by atoms with Crippen LogP contribution in [0.2, 0.25) is 0 Å². The van der Waals surface area contributed by atoms with E-state index in [-0.39, 0.29) is 18.0 Å². The second-order valence-electron chi connectivity index (χ2n) is 6.12. The highest BCUT2D eigenvalue weighted by atomic mass is 16.3. The quantitative estimate of drug-likeness (QED) is 0.801. The van der Waals surface area contributed by atoms with Crippen molar-refractivity contribution in [3.63, 3.8) is 0 Å². The first-order valence-electron chi connectivity index (χ1n) is 7.85. The summed E-state index contributed by atoms with van der Waals surface area (Å²) in [5.41, 5.74) is 3.42. The van der Waals surface area contributed by atoms with Gasteiger partial charge in [0, 0.05) is 23.4 Å². The number of aromatic amines is 1. The van der Waals surface area contributed by atoms with Crippen LogP contribution in [0, 0.1) is 13.8 Å². The van der Waals surface area contributed by atoms with Gasteiger partial charge in [0.25, 0.3) is 5.56 Å². The number of aromatic nitrogens is 1. The highest BCUT2D eigenvalue weighted by Crippen LogP contribution is 2.19. The summed E-state index contributed by atoms with van der Waals surface area (Å²) in [4.78, 5) is 28.9. The molecule has 5 heteroatoms. The first kappa shape index (κ1) is 16.1. The summed E-state index contributed by atoms with van der Waals surface area (Å²) in [6.45, 7) is 6.09. The molecule has 24 heavy (non-hydrogen) atoms. The number of furan rings is 1. The number of aryl methyl sites for hydroxylation is 2. The van der Waals surface area contributed by atoms with Gasteiger partial charge in [-0.1, -0.05) is 6.07 Å². The molecule has 1 amide bonds. The van der Waals surface area contributed by atoms with Crippen molar-refractivity contribution in [3.05, 3.63) is 69.4 Å². The number of hydrogen-bond donors (Lipinski definition) is 1. The van der Waals surface area contributed by atoms with Crippen molar-refractivity contribution in [3.8, 4) is 0 Å². The summed E-state index contributed by atoms with van der Waals surface area (Å²) < 4.78 is 5.30. The maximum absolute atomic E-state index is 12.4. The van der Waals surface area contributed by atoms with E-state index in [4.69, 9.17) is 4.42 Å². The molecule has 0 saturated carbocycles. The maximum atomic E-state index is 12.4. The third kappa shape index (κ3) is 3.25. The summed E-state index contributed by atoms with van der Waals surface area (Å²) in [6.07, 6.45) is 1.57. The summed E-state index contributed by atoms with van der Waals surface area (Å²) in [6, 6.07) is 9.51. The van der Waals surface area contributed by atoms with Crippen LogP contribution in [0.25, 0.3) is 10.9 Å². The predicted molar refractivity (Wildman–Crippen MR) is 92.7 cm³/mol. The fraction of sp³-hybridized carbons (Fsp3) is 0.263. The molecule has 0 aliphatic rings. The highest BCUT2D eigenvalue weighted by Gasteiger charge is 2.15. The van der Waals surface area contributed by atoms with E-state index in [0.29, 0.717) is 17.9 Å².